The van der Waals surface area contributed by atoms with Gasteiger partial charge in [0.05, 0.1) is 10.7 Å². The maximum atomic E-state index is 14.1. The Morgan fingerprint density at radius 1 is 1.47 bits per heavy atom. The van der Waals surface area contributed by atoms with Gasteiger partial charge in [0.15, 0.2) is 0 Å². The van der Waals surface area contributed by atoms with Crippen LogP contribution in [0.2, 0.25) is 5.02 Å². The van der Waals surface area contributed by atoms with Crippen molar-refractivity contribution in [3.05, 3.63) is 41.2 Å². The van der Waals surface area contributed by atoms with Gasteiger partial charge in [-0.2, -0.15) is 5.10 Å². The van der Waals surface area contributed by atoms with E-state index in [0.29, 0.717) is 11.3 Å². The summed E-state index contributed by atoms with van der Waals surface area (Å²) in [7, 11) is 0. The van der Waals surface area contributed by atoms with E-state index in [9.17, 15) is 4.39 Å². The summed E-state index contributed by atoms with van der Waals surface area (Å²) in [6, 6.07) is 3.31. The molecule has 0 saturated heterocycles. The lowest BCUT2D eigenvalue weighted by molar-refractivity contribution is 0.579. The minimum Gasteiger partial charge on any atom is -0.223 e. The fourth-order valence-electron chi connectivity index (χ4n) is 1.76. The van der Waals surface area contributed by atoms with Crippen LogP contribution in [-0.2, 0) is 0 Å². The Morgan fingerprint density at radius 2 is 2.24 bits per heavy atom. The fourth-order valence-corrected chi connectivity index (χ4v) is 1.93. The lowest BCUT2D eigenvalue weighted by atomic mass is 9.96. The van der Waals surface area contributed by atoms with Crippen molar-refractivity contribution < 1.29 is 4.39 Å². The molecule has 0 aliphatic carbocycles. The van der Waals surface area contributed by atoms with Crippen LogP contribution in [0.5, 0.6) is 0 Å². The minimum absolute atomic E-state index is 0.0768. The molecular formula is C12H13ClFN3. The summed E-state index contributed by atoms with van der Waals surface area (Å²) in [4.78, 5) is 3.87. The van der Waals surface area contributed by atoms with Gasteiger partial charge in [0.2, 0.25) is 0 Å². The lowest BCUT2D eigenvalue weighted by Gasteiger charge is -2.16. The number of rotatable bonds is 3. The molecule has 1 aromatic heterocycles. The smallest absolute Gasteiger partial charge is 0.147 e. The third kappa shape index (κ3) is 2.17. The number of halogens is 2. The molecule has 0 amide bonds. The van der Waals surface area contributed by atoms with E-state index in [1.165, 1.54) is 6.33 Å². The Balaban J connectivity index is 2.63. The predicted octanol–water partition coefficient (Wildman–Crippen LogP) is 3.57. The van der Waals surface area contributed by atoms with E-state index in [1.54, 1.807) is 23.1 Å². The molecule has 0 N–H and O–H groups in total. The van der Waals surface area contributed by atoms with Crippen molar-refractivity contribution in [2.24, 2.45) is 0 Å². The molecule has 1 aromatic carbocycles. The Kier molecular flexibility index (Phi) is 3.43. The molecule has 0 aliphatic rings. The highest BCUT2D eigenvalue weighted by molar-refractivity contribution is 6.30. The van der Waals surface area contributed by atoms with Crippen LogP contribution in [-0.4, -0.2) is 14.8 Å². The highest BCUT2D eigenvalue weighted by Crippen LogP contribution is 2.31. The Labute approximate surface area is 104 Å². The van der Waals surface area contributed by atoms with Gasteiger partial charge >= 0.3 is 0 Å². The molecular weight excluding hydrogens is 241 g/mol. The van der Waals surface area contributed by atoms with Crippen LogP contribution in [0.15, 0.2) is 24.8 Å². The van der Waals surface area contributed by atoms with Crippen LogP contribution in [0.25, 0.3) is 5.69 Å². The van der Waals surface area contributed by atoms with Crippen LogP contribution < -0.4 is 0 Å². The fraction of sp³-hybridized carbons (Fsp3) is 0.333. The van der Waals surface area contributed by atoms with Gasteiger partial charge in [-0.3, -0.25) is 0 Å². The molecule has 0 saturated carbocycles. The summed E-state index contributed by atoms with van der Waals surface area (Å²) in [5.41, 5.74) is 1.28. The number of hydrogen-bond acceptors (Lipinski definition) is 2. The summed E-state index contributed by atoms with van der Waals surface area (Å²) < 4.78 is 15.7. The van der Waals surface area contributed by atoms with E-state index in [0.717, 1.165) is 6.42 Å². The van der Waals surface area contributed by atoms with E-state index in [1.807, 2.05) is 13.8 Å². The number of aromatic nitrogens is 3. The SMILES string of the molecule is CCC(C)c1c(-n2cncn2)ccc(Cl)c1F. The Hall–Kier alpha value is -1.42. The molecule has 0 bridgehead atoms. The molecule has 0 fully saturated rings. The summed E-state index contributed by atoms with van der Waals surface area (Å²) >= 11 is 5.83. The highest BCUT2D eigenvalue weighted by atomic mass is 35.5. The molecule has 1 unspecified atom stereocenters. The van der Waals surface area contributed by atoms with Gasteiger partial charge in [-0.1, -0.05) is 25.4 Å². The summed E-state index contributed by atoms with van der Waals surface area (Å²) in [5.74, 6) is -0.290. The van der Waals surface area contributed by atoms with Gasteiger partial charge in [-0.05, 0) is 24.5 Å². The summed E-state index contributed by atoms with van der Waals surface area (Å²) in [6.07, 6.45) is 3.81. The van der Waals surface area contributed by atoms with Crippen LogP contribution in [0.1, 0.15) is 31.7 Å². The largest absolute Gasteiger partial charge is 0.223 e. The Morgan fingerprint density at radius 3 is 2.82 bits per heavy atom. The zero-order valence-electron chi connectivity index (χ0n) is 9.69. The van der Waals surface area contributed by atoms with Crippen molar-refractivity contribution in [2.75, 3.05) is 0 Å². The average molecular weight is 254 g/mol. The Bertz CT molecular complexity index is 511. The molecule has 17 heavy (non-hydrogen) atoms. The third-order valence-corrected chi connectivity index (χ3v) is 3.17. The maximum absolute atomic E-state index is 14.1. The second kappa shape index (κ2) is 4.84. The van der Waals surface area contributed by atoms with E-state index >= 15 is 0 Å². The number of hydrogen-bond donors (Lipinski definition) is 0. The van der Waals surface area contributed by atoms with E-state index in [2.05, 4.69) is 10.1 Å². The van der Waals surface area contributed by atoms with Crippen LogP contribution in [0, 0.1) is 5.82 Å². The molecule has 0 aliphatic heterocycles. The maximum Gasteiger partial charge on any atom is 0.147 e. The third-order valence-electron chi connectivity index (χ3n) is 2.88. The topological polar surface area (TPSA) is 30.7 Å². The van der Waals surface area contributed by atoms with E-state index in [4.69, 9.17) is 11.6 Å². The van der Waals surface area contributed by atoms with Crippen molar-refractivity contribution in [3.63, 3.8) is 0 Å². The van der Waals surface area contributed by atoms with Crippen LogP contribution in [0.4, 0.5) is 4.39 Å². The van der Waals surface area contributed by atoms with Gasteiger partial charge in [0.1, 0.15) is 18.5 Å². The van der Waals surface area contributed by atoms with Gasteiger partial charge in [0, 0.05) is 5.56 Å². The monoisotopic (exact) mass is 253 g/mol. The van der Waals surface area contributed by atoms with Gasteiger partial charge < -0.3 is 0 Å². The predicted molar refractivity (Wildman–Crippen MR) is 65.0 cm³/mol. The van der Waals surface area contributed by atoms with Crippen molar-refractivity contribution in [3.8, 4) is 5.69 Å². The standard InChI is InChI=1S/C12H13ClFN3/c1-3-8(2)11-10(17-7-15-6-16-17)5-4-9(13)12(11)14/h4-8H,3H2,1-2H3. The van der Waals surface area contributed by atoms with Gasteiger partial charge in [0.25, 0.3) is 0 Å². The summed E-state index contributed by atoms with van der Waals surface area (Å²) in [6.45, 7) is 3.98. The van der Waals surface area contributed by atoms with Crippen LogP contribution >= 0.6 is 11.6 Å². The molecule has 3 nitrogen and oxygen atoms in total. The first-order valence-electron chi connectivity index (χ1n) is 5.48. The normalized spacial score (nSPS) is 12.7. The quantitative estimate of drug-likeness (QED) is 0.837. The molecule has 90 valence electrons. The first-order valence-corrected chi connectivity index (χ1v) is 5.85. The lowest BCUT2D eigenvalue weighted by Crippen LogP contribution is -2.06. The van der Waals surface area contributed by atoms with Crippen LogP contribution in [0.3, 0.4) is 0 Å². The minimum atomic E-state index is -0.367. The molecule has 2 rings (SSSR count). The molecule has 2 aromatic rings. The summed E-state index contributed by atoms with van der Waals surface area (Å²) in [5, 5.41) is 4.17. The number of benzene rings is 1. The van der Waals surface area contributed by atoms with Crippen molar-refractivity contribution in [2.45, 2.75) is 26.2 Å². The highest BCUT2D eigenvalue weighted by Gasteiger charge is 2.18. The van der Waals surface area contributed by atoms with E-state index in [-0.39, 0.29) is 16.8 Å². The van der Waals surface area contributed by atoms with Crippen molar-refractivity contribution in [1.29, 1.82) is 0 Å². The average Bonchev–Trinajstić information content (AvgIpc) is 2.85. The molecule has 1 heterocycles. The molecule has 0 radical (unpaired) electrons. The second-order valence-corrected chi connectivity index (χ2v) is 4.35. The zero-order valence-corrected chi connectivity index (χ0v) is 10.4. The van der Waals surface area contributed by atoms with Gasteiger partial charge in [-0.25, -0.2) is 14.1 Å². The molecule has 5 heteroatoms. The van der Waals surface area contributed by atoms with Crippen molar-refractivity contribution >= 4 is 11.6 Å². The first-order chi connectivity index (χ1) is 8.15. The molecule has 0 spiro atoms. The first kappa shape index (κ1) is 12.0. The van der Waals surface area contributed by atoms with E-state index < -0.39 is 0 Å². The zero-order chi connectivity index (χ0) is 12.4. The van der Waals surface area contributed by atoms with Gasteiger partial charge in [-0.15, -0.1) is 0 Å². The van der Waals surface area contributed by atoms with Crippen molar-refractivity contribution in [1.82, 2.24) is 14.8 Å². The number of nitrogens with zero attached hydrogens (tertiary/aromatic N) is 3. The molecule has 1 atom stereocenters. The second-order valence-electron chi connectivity index (χ2n) is 3.94.